The number of aromatic nitrogens is 1. The number of ether oxygens (including phenoxy) is 5. The van der Waals surface area contributed by atoms with E-state index in [1.807, 2.05) is 0 Å². The largest absolute Gasteiger partial charge is 0.490 e. The Kier molecular flexibility index (Phi) is 10.5. The molecule has 0 fully saturated rings. The zero-order valence-electron chi connectivity index (χ0n) is 26.7. The number of furan rings is 1. The SMILES string of the molecule is CCOC(=O)C1=C(C)N=c2s/c(=C/c3ccc(-c4ccc(Cl)c(C(=O)OC)c4)o3)c(=O)n2[C@H]1c1ccc(OCC(=O)OC)c(OCC)c1. The molecule has 0 amide bonds. The van der Waals surface area contributed by atoms with Crippen molar-refractivity contribution in [3.63, 3.8) is 0 Å². The number of nitrogens with zero attached hydrogens (tertiary/aromatic N) is 2. The zero-order chi connectivity index (χ0) is 34.5. The Hall–Kier alpha value is -5.14. The van der Waals surface area contributed by atoms with Crippen LogP contribution in [0.4, 0.5) is 0 Å². The minimum Gasteiger partial charge on any atom is -0.490 e. The van der Waals surface area contributed by atoms with Gasteiger partial charge in [0.2, 0.25) is 0 Å². The number of carbonyl (C=O) groups is 3. The molecule has 0 bridgehead atoms. The van der Waals surface area contributed by atoms with E-state index < -0.39 is 29.5 Å². The topological polar surface area (TPSA) is 145 Å². The number of halogens is 1. The molecule has 3 heterocycles. The number of thiazole rings is 1. The van der Waals surface area contributed by atoms with Crippen molar-refractivity contribution in [3.8, 4) is 22.8 Å². The fraction of sp³-hybridized carbons (Fsp3) is 0.265. The summed E-state index contributed by atoms with van der Waals surface area (Å²) in [7, 11) is 2.52. The monoisotopic (exact) mass is 694 g/mol. The van der Waals surface area contributed by atoms with Crippen LogP contribution in [0, 0.1) is 0 Å². The van der Waals surface area contributed by atoms with E-state index in [0.29, 0.717) is 43.4 Å². The molecule has 14 heteroatoms. The van der Waals surface area contributed by atoms with E-state index in [4.69, 9.17) is 35.0 Å². The molecule has 4 aromatic rings. The van der Waals surface area contributed by atoms with Crippen LogP contribution >= 0.6 is 22.9 Å². The average molecular weight is 695 g/mol. The zero-order valence-corrected chi connectivity index (χ0v) is 28.2. The summed E-state index contributed by atoms with van der Waals surface area (Å²) in [5.41, 5.74) is 1.45. The molecule has 1 atom stereocenters. The molecule has 250 valence electrons. The average Bonchev–Trinajstić information content (AvgIpc) is 3.67. The highest BCUT2D eigenvalue weighted by atomic mass is 35.5. The van der Waals surface area contributed by atoms with Gasteiger partial charge in [-0.25, -0.2) is 19.4 Å². The summed E-state index contributed by atoms with van der Waals surface area (Å²) in [5, 5.41) is 0.238. The molecule has 48 heavy (non-hydrogen) atoms. The normalized spacial score (nSPS) is 14.2. The molecule has 0 unspecified atom stereocenters. The second-order valence-electron chi connectivity index (χ2n) is 10.2. The maximum Gasteiger partial charge on any atom is 0.343 e. The first-order chi connectivity index (χ1) is 23.1. The molecule has 1 aliphatic rings. The summed E-state index contributed by atoms with van der Waals surface area (Å²) in [4.78, 5) is 56.2. The van der Waals surface area contributed by atoms with Gasteiger partial charge in [-0.3, -0.25) is 9.36 Å². The van der Waals surface area contributed by atoms with E-state index in [2.05, 4.69) is 9.73 Å². The lowest BCUT2D eigenvalue weighted by molar-refractivity contribution is -0.143. The predicted octanol–water partition coefficient (Wildman–Crippen LogP) is 4.45. The fourth-order valence-corrected chi connectivity index (χ4v) is 6.27. The van der Waals surface area contributed by atoms with Crippen LogP contribution < -0.4 is 24.4 Å². The molecule has 0 aliphatic carbocycles. The van der Waals surface area contributed by atoms with E-state index in [-0.39, 0.29) is 41.7 Å². The molecule has 12 nitrogen and oxygen atoms in total. The fourth-order valence-electron chi connectivity index (χ4n) is 5.04. The van der Waals surface area contributed by atoms with Crippen LogP contribution in [0.2, 0.25) is 5.02 Å². The summed E-state index contributed by atoms with van der Waals surface area (Å²) in [5.74, 6) is -0.380. The molecule has 5 rings (SSSR count). The summed E-state index contributed by atoms with van der Waals surface area (Å²) in [6.45, 7) is 5.23. The number of allylic oxidation sites excluding steroid dienone is 1. The van der Waals surface area contributed by atoms with Crippen molar-refractivity contribution in [2.45, 2.75) is 26.8 Å². The number of benzene rings is 2. The van der Waals surface area contributed by atoms with Crippen LogP contribution in [0.3, 0.4) is 0 Å². The Morgan fingerprint density at radius 2 is 1.77 bits per heavy atom. The number of fused-ring (bicyclic) bond motifs is 1. The highest BCUT2D eigenvalue weighted by Gasteiger charge is 2.34. The molecular weight excluding hydrogens is 664 g/mol. The number of hydrogen-bond donors (Lipinski definition) is 0. The van der Waals surface area contributed by atoms with Gasteiger partial charge in [0, 0.05) is 11.6 Å². The molecule has 0 radical (unpaired) electrons. The van der Waals surface area contributed by atoms with Crippen LogP contribution in [-0.4, -0.2) is 56.5 Å². The van der Waals surface area contributed by atoms with Gasteiger partial charge in [0.1, 0.15) is 11.5 Å². The number of esters is 3. The molecule has 2 aromatic carbocycles. The van der Waals surface area contributed by atoms with E-state index in [9.17, 15) is 19.2 Å². The maximum atomic E-state index is 14.1. The van der Waals surface area contributed by atoms with Crippen molar-refractivity contribution >= 4 is 46.9 Å². The standard InChI is InChI=1S/C34H31ClN2O10S/c1-6-44-26-15-20(9-12-25(26)46-17-28(38)42-4)30-29(33(41)45-7-2)18(3)36-34-37(30)31(39)27(48-34)16-21-10-13-24(47-21)19-8-11-23(35)22(14-19)32(40)43-5/h8-16,30H,6-7,17H2,1-5H3/b27-16+/t30-/m0/s1. The van der Waals surface area contributed by atoms with Gasteiger partial charge >= 0.3 is 17.9 Å². The van der Waals surface area contributed by atoms with Crippen LogP contribution in [-0.2, 0) is 23.8 Å². The molecule has 0 spiro atoms. The minimum absolute atomic E-state index is 0.118. The summed E-state index contributed by atoms with van der Waals surface area (Å²) in [6, 6.07) is 12.2. The van der Waals surface area contributed by atoms with Gasteiger partial charge in [-0.15, -0.1) is 0 Å². The minimum atomic E-state index is -0.922. The first kappa shape index (κ1) is 34.2. The molecule has 0 N–H and O–H groups in total. The maximum absolute atomic E-state index is 14.1. The van der Waals surface area contributed by atoms with E-state index in [1.165, 1.54) is 18.8 Å². The smallest absolute Gasteiger partial charge is 0.343 e. The quantitative estimate of drug-likeness (QED) is 0.163. The summed E-state index contributed by atoms with van der Waals surface area (Å²) < 4.78 is 34.0. The lowest BCUT2D eigenvalue weighted by Crippen LogP contribution is -2.40. The van der Waals surface area contributed by atoms with Crippen LogP contribution in [0.25, 0.3) is 17.4 Å². The molecule has 1 aliphatic heterocycles. The second kappa shape index (κ2) is 14.7. The molecule has 2 aromatic heterocycles. The third-order valence-electron chi connectivity index (χ3n) is 7.23. The van der Waals surface area contributed by atoms with E-state index in [0.717, 1.165) is 11.3 Å². The lowest BCUT2D eigenvalue weighted by Gasteiger charge is -2.25. The van der Waals surface area contributed by atoms with Gasteiger partial charge < -0.3 is 28.1 Å². The molecule has 0 saturated carbocycles. The van der Waals surface area contributed by atoms with E-state index >= 15 is 0 Å². The number of carbonyl (C=O) groups excluding carboxylic acids is 3. The van der Waals surface area contributed by atoms with Gasteiger partial charge in [-0.05, 0) is 68.8 Å². The van der Waals surface area contributed by atoms with Gasteiger partial charge in [-0.2, -0.15) is 0 Å². The Balaban J connectivity index is 1.60. The van der Waals surface area contributed by atoms with Crippen molar-refractivity contribution in [2.24, 2.45) is 4.99 Å². The van der Waals surface area contributed by atoms with Crippen LogP contribution in [0.15, 0.2) is 74.0 Å². The first-order valence-electron chi connectivity index (χ1n) is 14.7. The van der Waals surface area contributed by atoms with Crippen LogP contribution in [0.1, 0.15) is 48.5 Å². The predicted molar refractivity (Wildman–Crippen MR) is 176 cm³/mol. The number of methoxy groups -OCH3 is 2. The molecule has 0 saturated heterocycles. The van der Waals surface area contributed by atoms with Crippen molar-refractivity contribution in [1.29, 1.82) is 0 Å². The third kappa shape index (κ3) is 6.92. The van der Waals surface area contributed by atoms with Crippen LogP contribution in [0.5, 0.6) is 11.5 Å². The summed E-state index contributed by atoms with van der Waals surface area (Å²) in [6.07, 6.45) is 1.58. The van der Waals surface area contributed by atoms with Gasteiger partial charge in [0.15, 0.2) is 22.9 Å². The second-order valence-corrected chi connectivity index (χ2v) is 11.6. The van der Waals surface area contributed by atoms with Gasteiger partial charge in [-0.1, -0.05) is 29.0 Å². The highest BCUT2D eigenvalue weighted by molar-refractivity contribution is 7.07. The lowest BCUT2D eigenvalue weighted by atomic mass is 9.95. The third-order valence-corrected chi connectivity index (χ3v) is 8.54. The Bertz CT molecular complexity index is 2110. The Morgan fingerprint density at radius 3 is 2.48 bits per heavy atom. The van der Waals surface area contributed by atoms with Crippen molar-refractivity contribution in [3.05, 3.63) is 101 Å². The van der Waals surface area contributed by atoms with Crippen molar-refractivity contribution in [1.82, 2.24) is 4.57 Å². The van der Waals surface area contributed by atoms with E-state index in [1.54, 1.807) is 75.4 Å². The number of rotatable bonds is 11. The first-order valence-corrected chi connectivity index (χ1v) is 15.9. The Morgan fingerprint density at radius 1 is 0.979 bits per heavy atom. The Labute approximate surface area is 283 Å². The van der Waals surface area contributed by atoms with Gasteiger partial charge in [0.25, 0.3) is 5.56 Å². The highest BCUT2D eigenvalue weighted by Crippen LogP contribution is 2.36. The van der Waals surface area contributed by atoms with Gasteiger partial charge in [0.05, 0.1) is 59.9 Å². The summed E-state index contributed by atoms with van der Waals surface area (Å²) >= 11 is 7.30. The number of hydrogen-bond acceptors (Lipinski definition) is 12. The van der Waals surface area contributed by atoms with Crippen molar-refractivity contribution < 1.29 is 42.5 Å². The molecular formula is C34H31ClN2O10S. The van der Waals surface area contributed by atoms with Crippen molar-refractivity contribution in [2.75, 3.05) is 34.0 Å².